The Hall–Kier alpha value is -2.56. The number of amides is 1. The van der Waals surface area contributed by atoms with Crippen molar-refractivity contribution in [3.63, 3.8) is 0 Å². The van der Waals surface area contributed by atoms with Crippen molar-refractivity contribution in [2.45, 2.75) is 6.54 Å². The molecule has 3 nitrogen and oxygen atoms in total. The second-order valence-electron chi connectivity index (χ2n) is 4.51. The van der Waals surface area contributed by atoms with E-state index in [2.05, 4.69) is 0 Å². The maximum Gasteiger partial charge on any atom is 0.299 e. The molecule has 2 aromatic rings. The molecule has 0 atom stereocenters. The molecule has 0 aromatic heterocycles. The van der Waals surface area contributed by atoms with Crippen molar-refractivity contribution < 1.29 is 18.4 Å². The summed E-state index contributed by atoms with van der Waals surface area (Å²) in [6.45, 7) is 0.0266. The number of halogens is 2. The van der Waals surface area contributed by atoms with Crippen molar-refractivity contribution in [1.29, 1.82) is 0 Å². The molecule has 1 heterocycles. The number of Topliss-reactive ketones (excluding diaryl/α,β-unsaturated/α-hetero) is 1. The first-order valence-electron chi connectivity index (χ1n) is 5.96. The van der Waals surface area contributed by atoms with Crippen LogP contribution >= 0.6 is 0 Å². The average Bonchev–Trinajstić information content (AvgIpc) is 2.64. The lowest BCUT2D eigenvalue weighted by Gasteiger charge is -2.16. The third-order valence-corrected chi connectivity index (χ3v) is 3.16. The third-order valence-electron chi connectivity index (χ3n) is 3.16. The Labute approximate surface area is 113 Å². The second kappa shape index (κ2) is 4.52. The molecule has 0 fully saturated rings. The lowest BCUT2D eigenvalue weighted by atomic mass is 10.1. The Morgan fingerprint density at radius 1 is 0.950 bits per heavy atom. The van der Waals surface area contributed by atoms with E-state index >= 15 is 0 Å². The first kappa shape index (κ1) is 12.5. The largest absolute Gasteiger partial charge is 0.300 e. The molecule has 1 amide bonds. The monoisotopic (exact) mass is 273 g/mol. The molecule has 1 aliphatic heterocycles. The molecule has 100 valence electrons. The van der Waals surface area contributed by atoms with E-state index in [0.29, 0.717) is 5.56 Å². The van der Waals surface area contributed by atoms with Gasteiger partial charge in [-0.15, -0.1) is 0 Å². The molecule has 2 aromatic carbocycles. The normalized spacial score (nSPS) is 13.8. The number of nitrogens with zero attached hydrogens (tertiary/aromatic N) is 1. The zero-order valence-corrected chi connectivity index (χ0v) is 10.3. The van der Waals surface area contributed by atoms with Crippen LogP contribution in [0, 0.1) is 11.6 Å². The summed E-state index contributed by atoms with van der Waals surface area (Å²) in [4.78, 5) is 24.9. The van der Waals surface area contributed by atoms with Crippen LogP contribution in [0.25, 0.3) is 0 Å². The highest BCUT2D eigenvalue weighted by molar-refractivity contribution is 6.52. The van der Waals surface area contributed by atoms with Gasteiger partial charge >= 0.3 is 0 Å². The van der Waals surface area contributed by atoms with Crippen molar-refractivity contribution in [2.75, 3.05) is 4.90 Å². The minimum Gasteiger partial charge on any atom is -0.300 e. The summed E-state index contributed by atoms with van der Waals surface area (Å²) in [6, 6.07) is 9.27. The molecule has 1 aliphatic rings. The molecule has 0 spiro atoms. The lowest BCUT2D eigenvalue weighted by Crippen LogP contribution is -2.29. The van der Waals surface area contributed by atoms with Gasteiger partial charge < -0.3 is 4.90 Å². The number of carbonyl (C=O) groups is 2. The summed E-state index contributed by atoms with van der Waals surface area (Å²) < 4.78 is 26.4. The number of carbonyl (C=O) groups excluding carboxylic acids is 2. The van der Waals surface area contributed by atoms with Gasteiger partial charge in [-0.2, -0.15) is 0 Å². The van der Waals surface area contributed by atoms with Gasteiger partial charge in [-0.05, 0) is 35.9 Å². The van der Waals surface area contributed by atoms with Crippen molar-refractivity contribution in [3.8, 4) is 0 Å². The van der Waals surface area contributed by atoms with E-state index in [1.165, 1.54) is 24.3 Å². The molecule has 20 heavy (non-hydrogen) atoms. The Kier molecular flexibility index (Phi) is 2.82. The van der Waals surface area contributed by atoms with E-state index in [1.54, 1.807) is 6.07 Å². The van der Waals surface area contributed by atoms with E-state index in [1.807, 2.05) is 0 Å². The van der Waals surface area contributed by atoms with Gasteiger partial charge in [0, 0.05) is 0 Å². The number of benzene rings is 2. The SMILES string of the molecule is O=C1C(=O)N(Cc2cccc(F)c2)c2cc(F)ccc21. The summed E-state index contributed by atoms with van der Waals surface area (Å²) in [6.07, 6.45) is 0. The molecule has 0 saturated carbocycles. The fourth-order valence-electron chi connectivity index (χ4n) is 2.24. The Balaban J connectivity index is 2.01. The Morgan fingerprint density at radius 3 is 2.45 bits per heavy atom. The summed E-state index contributed by atoms with van der Waals surface area (Å²) in [5.74, 6) is -2.36. The second-order valence-corrected chi connectivity index (χ2v) is 4.51. The van der Waals surface area contributed by atoms with Crippen LogP contribution < -0.4 is 4.90 Å². The molecule has 0 bridgehead atoms. The molecule has 3 rings (SSSR count). The van der Waals surface area contributed by atoms with Gasteiger partial charge in [-0.3, -0.25) is 9.59 Å². The number of hydrogen-bond donors (Lipinski definition) is 0. The maximum atomic E-state index is 13.3. The van der Waals surface area contributed by atoms with E-state index in [4.69, 9.17) is 0 Å². The van der Waals surface area contributed by atoms with Gasteiger partial charge in [0.15, 0.2) is 0 Å². The van der Waals surface area contributed by atoms with Crippen molar-refractivity contribution in [3.05, 3.63) is 65.2 Å². The molecular weight excluding hydrogens is 264 g/mol. The predicted molar refractivity (Wildman–Crippen MR) is 68.3 cm³/mol. The standard InChI is InChI=1S/C15H9F2NO2/c16-10-3-1-2-9(6-10)8-18-13-7-11(17)4-5-12(13)14(19)15(18)20/h1-7H,8H2. The van der Waals surface area contributed by atoms with E-state index in [0.717, 1.165) is 17.0 Å². The third kappa shape index (κ3) is 1.97. The van der Waals surface area contributed by atoms with Crippen molar-refractivity contribution >= 4 is 17.4 Å². The molecular formula is C15H9F2NO2. The molecule has 0 aliphatic carbocycles. The average molecular weight is 273 g/mol. The molecule has 0 N–H and O–H groups in total. The first-order valence-corrected chi connectivity index (χ1v) is 5.96. The highest BCUT2D eigenvalue weighted by atomic mass is 19.1. The fraction of sp³-hybridized carbons (Fsp3) is 0.0667. The van der Waals surface area contributed by atoms with Crippen molar-refractivity contribution in [2.24, 2.45) is 0 Å². The van der Waals surface area contributed by atoms with Gasteiger partial charge in [-0.1, -0.05) is 12.1 Å². The van der Waals surface area contributed by atoms with Crippen LogP contribution in [0.15, 0.2) is 42.5 Å². The van der Waals surface area contributed by atoms with Crippen LogP contribution in [-0.4, -0.2) is 11.7 Å². The van der Waals surface area contributed by atoms with Gasteiger partial charge in [0.1, 0.15) is 11.6 Å². The smallest absolute Gasteiger partial charge is 0.299 e. The van der Waals surface area contributed by atoms with Crippen LogP contribution in [0.1, 0.15) is 15.9 Å². The fourth-order valence-corrected chi connectivity index (χ4v) is 2.24. The zero-order chi connectivity index (χ0) is 14.3. The maximum absolute atomic E-state index is 13.3. The predicted octanol–water partition coefficient (Wildman–Crippen LogP) is 2.69. The van der Waals surface area contributed by atoms with Crippen LogP contribution in [-0.2, 0) is 11.3 Å². The topological polar surface area (TPSA) is 37.4 Å². The summed E-state index contributed by atoms with van der Waals surface area (Å²) in [5.41, 5.74) is 0.931. The van der Waals surface area contributed by atoms with Crippen LogP contribution in [0.2, 0.25) is 0 Å². The van der Waals surface area contributed by atoms with Crippen LogP contribution in [0.3, 0.4) is 0 Å². The number of hydrogen-bond acceptors (Lipinski definition) is 2. The Bertz CT molecular complexity index is 728. The quantitative estimate of drug-likeness (QED) is 0.789. The van der Waals surface area contributed by atoms with Gasteiger partial charge in [0.2, 0.25) is 0 Å². The van der Waals surface area contributed by atoms with E-state index in [-0.39, 0.29) is 17.8 Å². The van der Waals surface area contributed by atoms with Gasteiger partial charge in [0.25, 0.3) is 11.7 Å². The number of fused-ring (bicyclic) bond motifs is 1. The van der Waals surface area contributed by atoms with E-state index in [9.17, 15) is 18.4 Å². The summed E-state index contributed by atoms with van der Waals surface area (Å²) in [7, 11) is 0. The highest BCUT2D eigenvalue weighted by Gasteiger charge is 2.35. The number of anilines is 1. The lowest BCUT2D eigenvalue weighted by molar-refractivity contribution is -0.114. The molecule has 0 unspecified atom stereocenters. The van der Waals surface area contributed by atoms with Crippen LogP contribution in [0.4, 0.5) is 14.5 Å². The highest BCUT2D eigenvalue weighted by Crippen LogP contribution is 2.31. The van der Waals surface area contributed by atoms with Crippen molar-refractivity contribution in [1.82, 2.24) is 0 Å². The zero-order valence-electron chi connectivity index (χ0n) is 10.3. The summed E-state index contributed by atoms with van der Waals surface area (Å²) >= 11 is 0. The minimum atomic E-state index is -0.727. The summed E-state index contributed by atoms with van der Waals surface area (Å²) in [5, 5.41) is 0. The molecule has 5 heteroatoms. The Morgan fingerprint density at radius 2 is 1.70 bits per heavy atom. The van der Waals surface area contributed by atoms with Gasteiger partial charge in [0.05, 0.1) is 17.8 Å². The van der Waals surface area contributed by atoms with Crippen LogP contribution in [0.5, 0.6) is 0 Å². The molecule has 0 radical (unpaired) electrons. The number of ketones is 1. The van der Waals surface area contributed by atoms with Gasteiger partial charge in [-0.25, -0.2) is 8.78 Å². The minimum absolute atomic E-state index is 0.0266. The van der Waals surface area contributed by atoms with E-state index < -0.39 is 23.3 Å². The first-order chi connectivity index (χ1) is 9.56. The number of rotatable bonds is 2. The molecule has 0 saturated heterocycles.